The van der Waals surface area contributed by atoms with Gasteiger partial charge in [0.25, 0.3) is 10.0 Å². The number of aryl methyl sites for hydroxylation is 2. The van der Waals surface area contributed by atoms with Crippen molar-refractivity contribution in [1.82, 2.24) is 14.3 Å². The summed E-state index contributed by atoms with van der Waals surface area (Å²) in [4.78, 5) is 15.9. The average molecular weight is 413 g/mol. The van der Waals surface area contributed by atoms with E-state index >= 15 is 0 Å². The Morgan fingerprint density at radius 1 is 1.43 bits per heavy atom. The molecule has 1 aliphatic rings. The van der Waals surface area contributed by atoms with Crippen LogP contribution in [-0.2, 0) is 44.6 Å². The molecule has 2 aromatic rings. The standard InChI is InChI=1S/C17H20FN3O6S/c1-11-20-15(7-21(11)2)28(23,24)19-4-3-16(22)26-9-13-6-14(18)5-12-8-25-10-27-17(12)13/h5-7,19H,3-4,8-10H2,1-2H3. The third-order valence-electron chi connectivity index (χ3n) is 4.12. The fourth-order valence-corrected chi connectivity index (χ4v) is 3.68. The first-order chi connectivity index (χ1) is 13.3. The number of halogens is 1. The van der Waals surface area contributed by atoms with Gasteiger partial charge in [0.1, 0.15) is 24.0 Å². The van der Waals surface area contributed by atoms with E-state index in [4.69, 9.17) is 14.2 Å². The minimum atomic E-state index is -3.82. The van der Waals surface area contributed by atoms with Crippen molar-refractivity contribution in [2.75, 3.05) is 13.3 Å². The van der Waals surface area contributed by atoms with E-state index in [0.717, 1.165) is 0 Å². The molecular formula is C17H20FN3O6S. The van der Waals surface area contributed by atoms with Crippen LogP contribution in [0.2, 0.25) is 0 Å². The maximum Gasteiger partial charge on any atom is 0.307 e. The molecule has 3 rings (SSSR count). The molecule has 0 aliphatic carbocycles. The summed E-state index contributed by atoms with van der Waals surface area (Å²) in [5, 5.41) is -0.119. The Morgan fingerprint density at radius 2 is 2.21 bits per heavy atom. The lowest BCUT2D eigenvalue weighted by Crippen LogP contribution is -2.27. The number of imidazole rings is 1. The molecule has 152 valence electrons. The van der Waals surface area contributed by atoms with E-state index in [1.54, 1.807) is 18.5 Å². The van der Waals surface area contributed by atoms with E-state index in [9.17, 15) is 17.6 Å². The summed E-state index contributed by atoms with van der Waals surface area (Å²) in [6, 6.07) is 2.53. The quantitative estimate of drug-likeness (QED) is 0.678. The predicted octanol–water partition coefficient (Wildman–Crippen LogP) is 1.15. The van der Waals surface area contributed by atoms with Crippen LogP contribution in [0.1, 0.15) is 23.4 Å². The van der Waals surface area contributed by atoms with Gasteiger partial charge in [0, 0.05) is 30.9 Å². The lowest BCUT2D eigenvalue weighted by Gasteiger charge is -2.20. The molecule has 1 N–H and O–H groups in total. The molecule has 0 atom stereocenters. The highest BCUT2D eigenvalue weighted by molar-refractivity contribution is 7.89. The zero-order chi connectivity index (χ0) is 20.3. The number of sulfonamides is 1. The molecule has 28 heavy (non-hydrogen) atoms. The van der Waals surface area contributed by atoms with E-state index in [1.807, 2.05) is 0 Å². The summed E-state index contributed by atoms with van der Waals surface area (Å²) in [5.74, 6) is -0.139. The van der Waals surface area contributed by atoms with Crippen LogP contribution in [0.4, 0.5) is 4.39 Å². The zero-order valence-corrected chi connectivity index (χ0v) is 16.2. The number of ether oxygens (including phenoxy) is 3. The van der Waals surface area contributed by atoms with Crippen LogP contribution in [0.25, 0.3) is 0 Å². The number of carbonyl (C=O) groups excluding carboxylic acids is 1. The fourth-order valence-electron chi connectivity index (χ4n) is 2.61. The average Bonchev–Trinajstić information content (AvgIpc) is 2.99. The summed E-state index contributed by atoms with van der Waals surface area (Å²) in [5.41, 5.74) is 0.923. The normalized spacial score (nSPS) is 13.7. The van der Waals surface area contributed by atoms with Gasteiger partial charge in [-0.05, 0) is 19.1 Å². The van der Waals surface area contributed by atoms with Crippen molar-refractivity contribution in [3.8, 4) is 5.75 Å². The predicted molar refractivity (Wildman–Crippen MR) is 94.2 cm³/mol. The van der Waals surface area contributed by atoms with Crippen LogP contribution in [-0.4, -0.2) is 37.3 Å². The summed E-state index contributed by atoms with van der Waals surface area (Å²) in [6.07, 6.45) is 1.19. The fraction of sp³-hybridized carbons (Fsp3) is 0.412. The van der Waals surface area contributed by atoms with Crippen LogP contribution in [0.5, 0.6) is 5.75 Å². The molecule has 0 saturated carbocycles. The first-order valence-electron chi connectivity index (χ1n) is 8.43. The maximum atomic E-state index is 13.7. The number of rotatable bonds is 7. The van der Waals surface area contributed by atoms with Gasteiger partial charge in [-0.15, -0.1) is 0 Å². The molecule has 0 bridgehead atoms. The SMILES string of the molecule is Cc1nc(S(=O)(=O)NCCC(=O)OCc2cc(F)cc3c2OCOC3)cn1C. The zero-order valence-electron chi connectivity index (χ0n) is 15.4. The highest BCUT2D eigenvalue weighted by Gasteiger charge is 2.20. The molecule has 9 nitrogen and oxygen atoms in total. The second-order valence-corrected chi connectivity index (χ2v) is 7.92. The molecule has 11 heteroatoms. The number of hydrogen-bond donors (Lipinski definition) is 1. The van der Waals surface area contributed by atoms with Crippen molar-refractivity contribution >= 4 is 16.0 Å². The molecule has 0 spiro atoms. The third-order valence-corrected chi connectivity index (χ3v) is 5.45. The van der Waals surface area contributed by atoms with Gasteiger partial charge >= 0.3 is 5.97 Å². The Hall–Kier alpha value is -2.50. The highest BCUT2D eigenvalue weighted by Crippen LogP contribution is 2.29. The minimum Gasteiger partial charge on any atom is -0.467 e. The lowest BCUT2D eigenvalue weighted by molar-refractivity contribution is -0.144. The Labute approximate surface area is 161 Å². The number of nitrogens with zero attached hydrogens (tertiary/aromatic N) is 2. The number of fused-ring (bicyclic) bond motifs is 1. The van der Waals surface area contributed by atoms with Gasteiger partial charge in [-0.25, -0.2) is 22.5 Å². The number of carbonyl (C=O) groups is 1. The topological polar surface area (TPSA) is 109 Å². The molecule has 1 aromatic heterocycles. The smallest absolute Gasteiger partial charge is 0.307 e. The summed E-state index contributed by atoms with van der Waals surface area (Å²) >= 11 is 0. The highest BCUT2D eigenvalue weighted by atomic mass is 32.2. The Bertz CT molecular complexity index is 970. The minimum absolute atomic E-state index is 0.0361. The third kappa shape index (κ3) is 4.66. The number of esters is 1. The van der Waals surface area contributed by atoms with Crippen molar-refractivity contribution in [1.29, 1.82) is 0 Å². The van der Waals surface area contributed by atoms with Crippen LogP contribution in [0.3, 0.4) is 0 Å². The van der Waals surface area contributed by atoms with Gasteiger partial charge in [-0.2, -0.15) is 0 Å². The van der Waals surface area contributed by atoms with Gasteiger partial charge in [-0.1, -0.05) is 0 Å². The van der Waals surface area contributed by atoms with Crippen LogP contribution in [0.15, 0.2) is 23.4 Å². The molecule has 0 radical (unpaired) electrons. The molecule has 0 saturated heterocycles. The summed E-state index contributed by atoms with van der Waals surface area (Å²) < 4.78 is 57.4. The number of benzene rings is 1. The number of hydrogen-bond acceptors (Lipinski definition) is 7. The van der Waals surface area contributed by atoms with E-state index in [2.05, 4.69) is 9.71 Å². The number of aromatic nitrogens is 2. The lowest BCUT2D eigenvalue weighted by atomic mass is 10.1. The van der Waals surface area contributed by atoms with E-state index in [1.165, 1.54) is 18.3 Å². The molecule has 1 aromatic carbocycles. The summed E-state index contributed by atoms with van der Waals surface area (Å²) in [6.45, 7) is 1.59. The molecule has 1 aliphatic heterocycles. The van der Waals surface area contributed by atoms with Gasteiger partial charge in [0.2, 0.25) is 0 Å². The van der Waals surface area contributed by atoms with Crippen molar-refractivity contribution in [3.05, 3.63) is 41.1 Å². The van der Waals surface area contributed by atoms with Gasteiger partial charge in [0.05, 0.1) is 13.0 Å². The first-order valence-corrected chi connectivity index (χ1v) is 9.91. The van der Waals surface area contributed by atoms with Crippen molar-refractivity contribution < 1.29 is 31.8 Å². The molecular weight excluding hydrogens is 393 g/mol. The Morgan fingerprint density at radius 3 is 2.93 bits per heavy atom. The summed E-state index contributed by atoms with van der Waals surface area (Å²) in [7, 11) is -2.14. The van der Waals surface area contributed by atoms with Crippen molar-refractivity contribution in [3.63, 3.8) is 0 Å². The van der Waals surface area contributed by atoms with Crippen molar-refractivity contribution in [2.45, 2.75) is 31.6 Å². The first kappa shape index (κ1) is 20.2. The maximum absolute atomic E-state index is 13.7. The van der Waals surface area contributed by atoms with Gasteiger partial charge in [-0.3, -0.25) is 4.79 Å². The van der Waals surface area contributed by atoms with E-state index in [-0.39, 0.29) is 38.0 Å². The van der Waals surface area contributed by atoms with Crippen LogP contribution < -0.4 is 9.46 Å². The molecule has 0 fully saturated rings. The van der Waals surface area contributed by atoms with E-state index < -0.39 is 21.8 Å². The van der Waals surface area contributed by atoms with E-state index in [0.29, 0.717) is 22.7 Å². The molecule has 0 amide bonds. The van der Waals surface area contributed by atoms with Gasteiger partial charge < -0.3 is 18.8 Å². The Balaban J connectivity index is 1.52. The van der Waals surface area contributed by atoms with Gasteiger partial charge in [0.15, 0.2) is 11.8 Å². The Kier molecular flexibility index (Phi) is 5.96. The second kappa shape index (κ2) is 8.25. The largest absolute Gasteiger partial charge is 0.467 e. The monoisotopic (exact) mass is 413 g/mol. The molecule has 2 heterocycles. The second-order valence-electron chi connectivity index (χ2n) is 6.21. The molecule has 0 unspecified atom stereocenters. The van der Waals surface area contributed by atoms with Crippen molar-refractivity contribution in [2.24, 2.45) is 7.05 Å². The van der Waals surface area contributed by atoms with Crippen LogP contribution in [0, 0.1) is 12.7 Å². The van der Waals surface area contributed by atoms with Crippen LogP contribution >= 0.6 is 0 Å². The number of nitrogens with one attached hydrogen (secondary N) is 1.